The Labute approximate surface area is 203 Å². The molecule has 4 aromatic rings. The number of fused-ring (bicyclic) bond motifs is 2. The second-order valence-corrected chi connectivity index (χ2v) is 8.58. The highest BCUT2D eigenvalue weighted by atomic mass is 16.3. The summed E-state index contributed by atoms with van der Waals surface area (Å²) in [5.41, 5.74) is 8.39. The second-order valence-electron chi connectivity index (χ2n) is 8.58. The van der Waals surface area contributed by atoms with Gasteiger partial charge in [-0.25, -0.2) is 4.79 Å². The Hall–Kier alpha value is -3.88. The lowest BCUT2D eigenvalue weighted by Gasteiger charge is -2.23. The van der Waals surface area contributed by atoms with E-state index in [9.17, 15) is 14.7 Å². The Kier molecular flexibility index (Phi) is 7.97. The maximum absolute atomic E-state index is 13.3. The van der Waals surface area contributed by atoms with Crippen molar-refractivity contribution in [3.63, 3.8) is 0 Å². The highest BCUT2D eigenvalue weighted by Gasteiger charge is 2.24. The van der Waals surface area contributed by atoms with Crippen molar-refractivity contribution in [1.29, 1.82) is 0 Å². The number of nitrogens with two attached hydrogens (primary N) is 1. The SMILES string of the molecule is NCCNC(=O)NC(Cc1ccc2ccccc2c1)C(=O)NC(CO)Cc1c[nH]c2ccccc12. The van der Waals surface area contributed by atoms with E-state index in [1.807, 2.05) is 72.9 Å². The van der Waals surface area contributed by atoms with E-state index in [0.29, 0.717) is 25.9 Å². The van der Waals surface area contributed by atoms with Crippen LogP contribution in [0.15, 0.2) is 72.9 Å². The van der Waals surface area contributed by atoms with Crippen LogP contribution >= 0.6 is 0 Å². The quantitative estimate of drug-likeness (QED) is 0.211. The van der Waals surface area contributed by atoms with E-state index in [1.165, 1.54) is 0 Å². The molecule has 4 rings (SSSR count). The van der Waals surface area contributed by atoms with Crippen LogP contribution in [0.25, 0.3) is 21.7 Å². The standard InChI is InChI=1S/C27H31N5O3/c28-11-12-29-27(35)32-25(14-18-9-10-19-5-1-2-6-20(19)13-18)26(34)31-22(17-33)15-21-16-30-24-8-4-3-7-23(21)24/h1-10,13,16,22,25,30,33H,11-12,14-15,17,28H2,(H,31,34)(H2,29,32,35). The van der Waals surface area contributed by atoms with Crippen LogP contribution in [0.4, 0.5) is 4.79 Å². The van der Waals surface area contributed by atoms with E-state index in [4.69, 9.17) is 5.73 Å². The van der Waals surface area contributed by atoms with Crippen molar-refractivity contribution in [3.8, 4) is 0 Å². The van der Waals surface area contributed by atoms with E-state index < -0.39 is 18.1 Å². The van der Waals surface area contributed by atoms with Gasteiger partial charge in [0.2, 0.25) is 5.91 Å². The highest BCUT2D eigenvalue weighted by Crippen LogP contribution is 2.20. The number of aliphatic hydroxyl groups is 1. The normalized spacial score (nSPS) is 12.9. The van der Waals surface area contributed by atoms with Crippen molar-refractivity contribution in [2.45, 2.75) is 24.9 Å². The first-order valence-electron chi connectivity index (χ1n) is 11.8. The molecule has 1 aromatic heterocycles. The third kappa shape index (κ3) is 6.17. The Morgan fingerprint density at radius 1 is 0.943 bits per heavy atom. The number of nitrogens with one attached hydrogen (secondary N) is 4. The molecule has 0 spiro atoms. The molecule has 0 aliphatic rings. The number of amides is 3. The molecule has 7 N–H and O–H groups in total. The predicted octanol–water partition coefficient (Wildman–Crippen LogP) is 2.21. The number of hydrogen-bond acceptors (Lipinski definition) is 4. The Morgan fingerprint density at radius 3 is 2.51 bits per heavy atom. The summed E-state index contributed by atoms with van der Waals surface area (Å²) >= 11 is 0. The van der Waals surface area contributed by atoms with Gasteiger partial charge in [0.1, 0.15) is 6.04 Å². The molecule has 8 heteroatoms. The lowest BCUT2D eigenvalue weighted by atomic mass is 10.0. The molecule has 182 valence electrons. The van der Waals surface area contributed by atoms with Gasteiger partial charge in [-0.2, -0.15) is 0 Å². The van der Waals surface area contributed by atoms with Gasteiger partial charge in [0.15, 0.2) is 0 Å². The van der Waals surface area contributed by atoms with Gasteiger partial charge in [0, 0.05) is 36.6 Å². The zero-order chi connectivity index (χ0) is 24.6. The lowest BCUT2D eigenvalue weighted by molar-refractivity contribution is -0.123. The number of aliphatic hydroxyl groups excluding tert-OH is 1. The van der Waals surface area contributed by atoms with E-state index in [2.05, 4.69) is 20.9 Å². The number of rotatable bonds is 10. The van der Waals surface area contributed by atoms with Crippen molar-refractivity contribution >= 4 is 33.6 Å². The summed E-state index contributed by atoms with van der Waals surface area (Å²) in [6.07, 6.45) is 2.65. The Bertz CT molecular complexity index is 1300. The third-order valence-corrected chi connectivity index (χ3v) is 6.01. The van der Waals surface area contributed by atoms with Crippen LogP contribution in [0, 0.1) is 0 Å². The molecule has 0 aliphatic carbocycles. The molecule has 0 bridgehead atoms. The van der Waals surface area contributed by atoms with E-state index in [-0.39, 0.29) is 12.5 Å². The van der Waals surface area contributed by atoms with Crippen LogP contribution in [-0.4, -0.2) is 53.8 Å². The van der Waals surface area contributed by atoms with Crippen molar-refractivity contribution in [2.75, 3.05) is 19.7 Å². The molecule has 2 atom stereocenters. The molecule has 0 saturated carbocycles. The van der Waals surface area contributed by atoms with Gasteiger partial charge < -0.3 is 31.8 Å². The lowest BCUT2D eigenvalue weighted by Crippen LogP contribution is -2.54. The molecule has 3 aromatic carbocycles. The average Bonchev–Trinajstić information content (AvgIpc) is 3.29. The van der Waals surface area contributed by atoms with Crippen LogP contribution in [0.1, 0.15) is 11.1 Å². The summed E-state index contributed by atoms with van der Waals surface area (Å²) in [5.74, 6) is -0.361. The largest absolute Gasteiger partial charge is 0.394 e. The highest BCUT2D eigenvalue weighted by molar-refractivity contribution is 5.88. The average molecular weight is 474 g/mol. The first-order valence-corrected chi connectivity index (χ1v) is 11.8. The van der Waals surface area contributed by atoms with E-state index >= 15 is 0 Å². The summed E-state index contributed by atoms with van der Waals surface area (Å²) in [6.45, 7) is 0.370. The summed E-state index contributed by atoms with van der Waals surface area (Å²) in [7, 11) is 0. The minimum absolute atomic E-state index is 0.229. The molecule has 8 nitrogen and oxygen atoms in total. The summed E-state index contributed by atoms with van der Waals surface area (Å²) in [4.78, 5) is 28.9. The molecular formula is C27H31N5O3. The zero-order valence-electron chi connectivity index (χ0n) is 19.5. The molecule has 3 amide bonds. The van der Waals surface area contributed by atoms with Gasteiger partial charge in [-0.05, 0) is 34.4 Å². The van der Waals surface area contributed by atoms with Gasteiger partial charge in [-0.15, -0.1) is 0 Å². The topological polar surface area (TPSA) is 132 Å². The summed E-state index contributed by atoms with van der Waals surface area (Å²) in [6, 6.07) is 20.0. The minimum atomic E-state index is -0.828. The number of urea groups is 1. The van der Waals surface area contributed by atoms with Crippen LogP contribution in [-0.2, 0) is 17.6 Å². The van der Waals surface area contributed by atoms with Crippen molar-refractivity contribution in [3.05, 3.63) is 84.1 Å². The second kappa shape index (κ2) is 11.5. The van der Waals surface area contributed by atoms with E-state index in [0.717, 1.165) is 32.8 Å². The smallest absolute Gasteiger partial charge is 0.315 e. The van der Waals surface area contributed by atoms with Crippen molar-refractivity contribution < 1.29 is 14.7 Å². The van der Waals surface area contributed by atoms with Gasteiger partial charge in [-0.3, -0.25) is 4.79 Å². The fourth-order valence-electron chi connectivity index (χ4n) is 4.23. The Morgan fingerprint density at radius 2 is 1.71 bits per heavy atom. The minimum Gasteiger partial charge on any atom is -0.394 e. The molecule has 0 radical (unpaired) electrons. The van der Waals surface area contributed by atoms with Crippen molar-refractivity contribution in [1.82, 2.24) is 20.9 Å². The number of para-hydroxylation sites is 1. The van der Waals surface area contributed by atoms with Crippen LogP contribution in [0.5, 0.6) is 0 Å². The fourth-order valence-corrected chi connectivity index (χ4v) is 4.23. The fraction of sp³-hybridized carbons (Fsp3) is 0.259. The predicted molar refractivity (Wildman–Crippen MR) is 138 cm³/mol. The van der Waals surface area contributed by atoms with Crippen LogP contribution < -0.4 is 21.7 Å². The van der Waals surface area contributed by atoms with Gasteiger partial charge >= 0.3 is 6.03 Å². The molecule has 35 heavy (non-hydrogen) atoms. The number of hydrogen-bond donors (Lipinski definition) is 6. The van der Waals surface area contributed by atoms with Gasteiger partial charge in [-0.1, -0.05) is 60.7 Å². The first-order chi connectivity index (χ1) is 17.1. The molecule has 0 fully saturated rings. The van der Waals surface area contributed by atoms with Crippen LogP contribution in [0.3, 0.4) is 0 Å². The summed E-state index contributed by atoms with van der Waals surface area (Å²) < 4.78 is 0. The molecule has 0 saturated heterocycles. The summed E-state index contributed by atoms with van der Waals surface area (Å²) in [5, 5.41) is 21.5. The number of carbonyl (C=O) groups is 2. The maximum atomic E-state index is 13.3. The number of H-pyrrole nitrogens is 1. The van der Waals surface area contributed by atoms with Crippen LogP contribution in [0.2, 0.25) is 0 Å². The number of carbonyl (C=O) groups excluding carboxylic acids is 2. The number of aromatic amines is 1. The number of aromatic nitrogens is 1. The van der Waals surface area contributed by atoms with Gasteiger partial charge in [0.05, 0.1) is 12.6 Å². The van der Waals surface area contributed by atoms with Crippen molar-refractivity contribution in [2.24, 2.45) is 5.73 Å². The zero-order valence-corrected chi connectivity index (χ0v) is 19.5. The molecule has 2 unspecified atom stereocenters. The maximum Gasteiger partial charge on any atom is 0.315 e. The van der Waals surface area contributed by atoms with E-state index in [1.54, 1.807) is 0 Å². The Balaban J connectivity index is 1.50. The monoisotopic (exact) mass is 473 g/mol. The first kappa shape index (κ1) is 24.3. The molecule has 1 heterocycles. The molecule has 0 aliphatic heterocycles. The third-order valence-electron chi connectivity index (χ3n) is 6.01. The number of benzene rings is 3. The van der Waals surface area contributed by atoms with Gasteiger partial charge in [0.25, 0.3) is 0 Å². The molecular weight excluding hydrogens is 442 g/mol.